The van der Waals surface area contributed by atoms with Crippen LogP contribution in [-0.4, -0.2) is 18.4 Å². The monoisotopic (exact) mass is 409 g/mol. The third kappa shape index (κ3) is 2.36. The van der Waals surface area contributed by atoms with Crippen LogP contribution >= 0.6 is 0 Å². The van der Waals surface area contributed by atoms with Gasteiger partial charge in [-0.05, 0) is 48.2 Å². The number of hydrogen-bond donors (Lipinski definition) is 0. The Morgan fingerprint density at radius 3 is 2.03 bits per heavy atom. The summed E-state index contributed by atoms with van der Waals surface area (Å²) in [7, 11) is 0. The molecule has 7 rings (SSSR count). The molecule has 3 aromatic carbocycles. The van der Waals surface area contributed by atoms with Crippen LogP contribution in [0, 0.1) is 18.8 Å². The van der Waals surface area contributed by atoms with E-state index < -0.39 is 0 Å². The molecule has 1 fully saturated rings. The maximum Gasteiger partial charge on any atom is 0.238 e. The average molecular weight is 409 g/mol. The summed E-state index contributed by atoms with van der Waals surface area (Å²) >= 11 is 0. The van der Waals surface area contributed by atoms with Crippen molar-refractivity contribution in [3.05, 3.63) is 94.5 Å². The summed E-state index contributed by atoms with van der Waals surface area (Å²) in [5.41, 5.74) is 6.50. The number of benzene rings is 3. The average Bonchev–Trinajstić information content (AvgIpc) is 3.05. The largest absolute Gasteiger partial charge is 0.492 e. The van der Waals surface area contributed by atoms with Crippen LogP contribution in [-0.2, 0) is 9.59 Å². The van der Waals surface area contributed by atoms with E-state index in [-0.39, 0.29) is 35.5 Å². The number of rotatable bonds is 3. The van der Waals surface area contributed by atoms with Crippen molar-refractivity contribution in [1.82, 2.24) is 0 Å². The van der Waals surface area contributed by atoms with Crippen molar-refractivity contribution >= 4 is 17.5 Å². The van der Waals surface area contributed by atoms with Gasteiger partial charge in [0.25, 0.3) is 0 Å². The molecule has 2 bridgehead atoms. The fourth-order valence-corrected chi connectivity index (χ4v) is 6.00. The van der Waals surface area contributed by atoms with Gasteiger partial charge in [0, 0.05) is 11.8 Å². The molecule has 4 heteroatoms. The Bertz CT molecular complexity index is 1250. The van der Waals surface area contributed by atoms with E-state index in [0.717, 1.165) is 0 Å². The van der Waals surface area contributed by atoms with Gasteiger partial charge in [0.1, 0.15) is 5.75 Å². The Morgan fingerprint density at radius 1 is 0.774 bits per heavy atom. The number of carbonyl (C=O) groups excluding carboxylic acids is 2. The Balaban J connectivity index is 1.55. The molecule has 1 saturated heterocycles. The molecule has 0 radical (unpaired) electrons. The van der Waals surface area contributed by atoms with Gasteiger partial charge < -0.3 is 4.74 Å². The number of ether oxygens (including phenoxy) is 1. The number of para-hydroxylation sites is 2. The van der Waals surface area contributed by atoms with E-state index in [1.165, 1.54) is 32.7 Å². The van der Waals surface area contributed by atoms with Crippen molar-refractivity contribution in [1.29, 1.82) is 0 Å². The molecule has 0 spiro atoms. The number of imide groups is 1. The van der Waals surface area contributed by atoms with Crippen LogP contribution in [0.25, 0.3) is 0 Å². The third-order valence-electron chi connectivity index (χ3n) is 7.10. The minimum Gasteiger partial charge on any atom is -0.492 e. The zero-order valence-electron chi connectivity index (χ0n) is 17.5. The van der Waals surface area contributed by atoms with Gasteiger partial charge in [-0.15, -0.1) is 0 Å². The normalized spacial score (nSPS) is 25.3. The van der Waals surface area contributed by atoms with Gasteiger partial charge in [0.15, 0.2) is 0 Å². The highest BCUT2D eigenvalue weighted by molar-refractivity contribution is 6.24. The van der Waals surface area contributed by atoms with Crippen LogP contribution in [0.2, 0.25) is 0 Å². The Labute approximate surface area is 181 Å². The lowest BCUT2D eigenvalue weighted by molar-refractivity contribution is -0.122. The van der Waals surface area contributed by atoms with Crippen molar-refractivity contribution in [2.45, 2.75) is 25.7 Å². The van der Waals surface area contributed by atoms with Gasteiger partial charge in [0.2, 0.25) is 11.8 Å². The highest BCUT2D eigenvalue weighted by atomic mass is 16.5. The summed E-state index contributed by atoms with van der Waals surface area (Å²) in [4.78, 5) is 29.1. The Morgan fingerprint density at radius 2 is 1.35 bits per heavy atom. The van der Waals surface area contributed by atoms with Crippen molar-refractivity contribution < 1.29 is 14.3 Å². The van der Waals surface area contributed by atoms with Crippen LogP contribution in [0.3, 0.4) is 0 Å². The molecule has 4 atom stereocenters. The molecular weight excluding hydrogens is 386 g/mol. The number of aryl methyl sites for hydroxylation is 1. The molecule has 1 aliphatic heterocycles. The minimum atomic E-state index is -0.378. The molecule has 1 heterocycles. The van der Waals surface area contributed by atoms with Gasteiger partial charge >= 0.3 is 0 Å². The lowest BCUT2D eigenvalue weighted by Crippen LogP contribution is -2.41. The number of carbonyl (C=O) groups is 2. The number of hydrogen-bond acceptors (Lipinski definition) is 3. The van der Waals surface area contributed by atoms with Crippen molar-refractivity contribution in [2.75, 3.05) is 11.5 Å². The lowest BCUT2D eigenvalue weighted by Gasteiger charge is -2.46. The first-order chi connectivity index (χ1) is 15.1. The highest BCUT2D eigenvalue weighted by Gasteiger charge is 2.62. The SMILES string of the molecule is CCOc1ccccc1N1C(=O)[C@@H]2[C@@H]3c4ccccc4[C@H](c4cc(C)ccc43)[C@H]2C1=O. The molecule has 4 aliphatic rings. The number of nitrogens with zero attached hydrogens (tertiary/aromatic N) is 1. The highest BCUT2D eigenvalue weighted by Crippen LogP contribution is 2.61. The van der Waals surface area contributed by atoms with E-state index in [4.69, 9.17) is 4.74 Å². The molecule has 154 valence electrons. The molecule has 31 heavy (non-hydrogen) atoms. The van der Waals surface area contributed by atoms with Gasteiger partial charge in [0.05, 0.1) is 24.1 Å². The molecular formula is C27H23NO3. The van der Waals surface area contributed by atoms with E-state index >= 15 is 0 Å². The van der Waals surface area contributed by atoms with E-state index in [0.29, 0.717) is 18.0 Å². The van der Waals surface area contributed by atoms with E-state index in [1.807, 2.05) is 43.3 Å². The lowest BCUT2D eigenvalue weighted by atomic mass is 9.55. The fraction of sp³-hybridized carbons (Fsp3) is 0.259. The van der Waals surface area contributed by atoms with Gasteiger partial charge in [-0.2, -0.15) is 0 Å². The summed E-state index contributed by atoms with van der Waals surface area (Å²) in [6.45, 7) is 4.46. The van der Waals surface area contributed by atoms with E-state index in [1.54, 1.807) is 0 Å². The zero-order chi connectivity index (χ0) is 21.3. The molecule has 0 saturated carbocycles. The van der Waals surface area contributed by atoms with Crippen LogP contribution in [0.4, 0.5) is 5.69 Å². The Kier molecular flexibility index (Phi) is 3.88. The van der Waals surface area contributed by atoms with E-state index in [2.05, 4.69) is 37.3 Å². The summed E-state index contributed by atoms with van der Waals surface area (Å²) in [6.07, 6.45) is 0. The van der Waals surface area contributed by atoms with Gasteiger partial charge in [-0.3, -0.25) is 9.59 Å². The summed E-state index contributed by atoms with van der Waals surface area (Å²) < 4.78 is 5.76. The second-order valence-corrected chi connectivity index (χ2v) is 8.68. The number of anilines is 1. The first kappa shape index (κ1) is 18.4. The second-order valence-electron chi connectivity index (χ2n) is 8.68. The maximum absolute atomic E-state index is 13.9. The number of amides is 2. The van der Waals surface area contributed by atoms with Crippen LogP contribution in [0.15, 0.2) is 66.7 Å². The molecule has 0 aromatic heterocycles. The van der Waals surface area contributed by atoms with Crippen molar-refractivity contribution in [2.24, 2.45) is 11.8 Å². The topological polar surface area (TPSA) is 46.6 Å². The minimum absolute atomic E-state index is 0.0949. The predicted octanol–water partition coefficient (Wildman–Crippen LogP) is 4.79. The summed E-state index contributed by atoms with van der Waals surface area (Å²) in [6, 6.07) is 22.1. The van der Waals surface area contributed by atoms with Crippen LogP contribution in [0.5, 0.6) is 5.75 Å². The second kappa shape index (κ2) is 6.55. The third-order valence-corrected chi connectivity index (χ3v) is 7.10. The first-order valence-corrected chi connectivity index (χ1v) is 10.9. The zero-order valence-corrected chi connectivity index (χ0v) is 17.5. The molecule has 4 nitrogen and oxygen atoms in total. The van der Waals surface area contributed by atoms with Gasteiger partial charge in [-0.1, -0.05) is 60.2 Å². The molecule has 0 unspecified atom stereocenters. The summed E-state index contributed by atoms with van der Waals surface area (Å²) in [5.74, 6) is -0.599. The van der Waals surface area contributed by atoms with Gasteiger partial charge in [-0.25, -0.2) is 4.90 Å². The fourth-order valence-electron chi connectivity index (χ4n) is 6.00. The quantitative estimate of drug-likeness (QED) is 0.585. The predicted molar refractivity (Wildman–Crippen MR) is 118 cm³/mol. The first-order valence-electron chi connectivity index (χ1n) is 10.9. The van der Waals surface area contributed by atoms with Crippen LogP contribution < -0.4 is 9.64 Å². The maximum atomic E-state index is 13.9. The Hall–Kier alpha value is -3.40. The van der Waals surface area contributed by atoms with E-state index in [9.17, 15) is 9.59 Å². The smallest absolute Gasteiger partial charge is 0.238 e. The molecule has 3 aromatic rings. The molecule has 0 N–H and O–H groups in total. The van der Waals surface area contributed by atoms with Crippen molar-refractivity contribution in [3.63, 3.8) is 0 Å². The van der Waals surface area contributed by atoms with Crippen molar-refractivity contribution in [3.8, 4) is 5.75 Å². The standard InChI is InChI=1S/C27H23NO3/c1-3-31-21-11-7-6-10-20(21)28-26(29)24-22-16-8-4-5-9-17(16)23(25(24)27(28)30)19-14-15(2)12-13-18(19)22/h4-14,22-25H,3H2,1-2H3/t22-,23-,24-,25-/m1/s1. The van der Waals surface area contributed by atoms with Crippen LogP contribution in [0.1, 0.15) is 46.6 Å². The molecule has 2 amide bonds. The summed E-state index contributed by atoms with van der Waals surface area (Å²) in [5, 5.41) is 0. The molecule has 3 aliphatic carbocycles.